The lowest BCUT2D eigenvalue weighted by Gasteiger charge is -2.09. The largest absolute Gasteiger partial charge is 0.289 e. The normalized spacial score (nSPS) is 11.5. The summed E-state index contributed by atoms with van der Waals surface area (Å²) in [5.74, 6) is -1.14. The Hall–Kier alpha value is -4.44. The number of hydrogen-bond acceptors (Lipinski definition) is 2. The molecule has 0 unspecified atom stereocenters. The second kappa shape index (κ2) is 7.56. The predicted molar refractivity (Wildman–Crippen MR) is 128 cm³/mol. The highest BCUT2D eigenvalue weighted by Gasteiger charge is 2.25. The quantitative estimate of drug-likeness (QED) is 0.268. The summed E-state index contributed by atoms with van der Waals surface area (Å²) in [5, 5.41) is 1.77. The molecule has 0 fully saturated rings. The summed E-state index contributed by atoms with van der Waals surface area (Å²) in [6.45, 7) is 0. The third-order valence-corrected chi connectivity index (χ3v) is 6.36. The molecule has 162 valence electrons. The Labute approximate surface area is 194 Å². The van der Waals surface area contributed by atoms with Crippen LogP contribution in [0.1, 0.15) is 31.8 Å². The number of halogens is 2. The van der Waals surface area contributed by atoms with Gasteiger partial charge >= 0.3 is 0 Å². The van der Waals surface area contributed by atoms with Crippen molar-refractivity contribution in [1.82, 2.24) is 0 Å². The Morgan fingerprint density at radius 3 is 1.74 bits per heavy atom. The van der Waals surface area contributed by atoms with Crippen LogP contribution in [-0.2, 0) is 0 Å². The van der Waals surface area contributed by atoms with Crippen LogP contribution in [0.2, 0.25) is 0 Å². The molecule has 0 amide bonds. The molecule has 0 heterocycles. The van der Waals surface area contributed by atoms with Gasteiger partial charge in [-0.3, -0.25) is 9.59 Å². The molecule has 0 saturated heterocycles. The molecule has 0 aliphatic heterocycles. The average Bonchev–Trinajstić information content (AvgIpc) is 3.19. The van der Waals surface area contributed by atoms with Crippen molar-refractivity contribution in [1.29, 1.82) is 0 Å². The minimum absolute atomic E-state index is 0.174. The highest BCUT2D eigenvalue weighted by Crippen LogP contribution is 2.48. The lowest BCUT2D eigenvalue weighted by Crippen LogP contribution is -2.02. The Balaban J connectivity index is 1.47. The summed E-state index contributed by atoms with van der Waals surface area (Å²) in [6, 6.07) is 26.1. The SMILES string of the molecule is O=C(c1ccc(F)cc1)c1ccc2c(c1)-c1ccc(C(=O)c3ccc(F)cc3)c3cccc-2c13. The van der Waals surface area contributed by atoms with E-state index < -0.39 is 11.6 Å². The summed E-state index contributed by atoms with van der Waals surface area (Å²) in [6.07, 6.45) is 0. The minimum Gasteiger partial charge on any atom is -0.289 e. The third kappa shape index (κ3) is 3.07. The number of carbonyl (C=O) groups is 2. The zero-order chi connectivity index (χ0) is 23.4. The molecule has 0 saturated carbocycles. The van der Waals surface area contributed by atoms with E-state index in [-0.39, 0.29) is 11.6 Å². The summed E-state index contributed by atoms with van der Waals surface area (Å²) in [5.41, 5.74) is 5.75. The van der Waals surface area contributed by atoms with Crippen molar-refractivity contribution >= 4 is 22.3 Å². The standard InChI is InChI=1S/C30H16F2O2/c31-20-9-4-17(5-10-20)29(33)19-8-13-22-23-2-1-3-24-26(15-14-25(28(23)24)27(22)16-19)30(34)18-6-11-21(32)12-7-18/h1-16H. The first kappa shape index (κ1) is 20.2. The fraction of sp³-hybridized carbons (Fsp3) is 0. The molecule has 0 spiro atoms. The first-order valence-corrected chi connectivity index (χ1v) is 10.8. The van der Waals surface area contributed by atoms with Gasteiger partial charge in [-0.05, 0) is 93.7 Å². The van der Waals surface area contributed by atoms with Crippen LogP contribution in [0.15, 0.2) is 97.1 Å². The molecule has 2 nitrogen and oxygen atoms in total. The van der Waals surface area contributed by atoms with Crippen LogP contribution in [0.25, 0.3) is 33.0 Å². The zero-order valence-corrected chi connectivity index (χ0v) is 17.8. The van der Waals surface area contributed by atoms with Crippen molar-refractivity contribution in [2.75, 3.05) is 0 Å². The molecule has 4 heteroatoms. The van der Waals surface area contributed by atoms with E-state index in [0.29, 0.717) is 22.3 Å². The van der Waals surface area contributed by atoms with Crippen molar-refractivity contribution in [3.8, 4) is 22.3 Å². The van der Waals surface area contributed by atoms with Gasteiger partial charge in [0.15, 0.2) is 11.6 Å². The van der Waals surface area contributed by atoms with E-state index in [0.717, 1.165) is 33.0 Å². The maximum atomic E-state index is 13.3. The van der Waals surface area contributed by atoms with E-state index in [4.69, 9.17) is 0 Å². The van der Waals surface area contributed by atoms with Crippen molar-refractivity contribution in [2.45, 2.75) is 0 Å². The molecule has 0 bridgehead atoms. The van der Waals surface area contributed by atoms with Crippen LogP contribution in [0.4, 0.5) is 8.78 Å². The van der Waals surface area contributed by atoms with Gasteiger partial charge in [-0.15, -0.1) is 0 Å². The van der Waals surface area contributed by atoms with Gasteiger partial charge in [0.05, 0.1) is 0 Å². The molecule has 1 aliphatic carbocycles. The van der Waals surface area contributed by atoms with E-state index in [9.17, 15) is 18.4 Å². The first-order chi connectivity index (χ1) is 16.5. The van der Waals surface area contributed by atoms with E-state index in [2.05, 4.69) is 0 Å². The van der Waals surface area contributed by atoms with Gasteiger partial charge in [0, 0.05) is 22.3 Å². The van der Waals surface area contributed by atoms with Gasteiger partial charge in [0.25, 0.3) is 0 Å². The fourth-order valence-electron chi connectivity index (χ4n) is 4.72. The number of carbonyl (C=O) groups excluding carboxylic acids is 2. The topological polar surface area (TPSA) is 34.1 Å². The van der Waals surface area contributed by atoms with Crippen LogP contribution in [0, 0.1) is 11.6 Å². The fourth-order valence-corrected chi connectivity index (χ4v) is 4.72. The van der Waals surface area contributed by atoms with E-state index in [1.54, 1.807) is 12.1 Å². The predicted octanol–water partition coefficient (Wildman–Crippen LogP) is 7.23. The molecular formula is C30H16F2O2. The molecular weight excluding hydrogens is 430 g/mol. The molecule has 5 aromatic rings. The highest BCUT2D eigenvalue weighted by atomic mass is 19.1. The molecule has 0 N–H and O–H groups in total. The Morgan fingerprint density at radius 1 is 0.500 bits per heavy atom. The summed E-state index contributed by atoms with van der Waals surface area (Å²) >= 11 is 0. The van der Waals surface area contributed by atoms with Gasteiger partial charge in [0.2, 0.25) is 0 Å². The van der Waals surface area contributed by atoms with Crippen LogP contribution < -0.4 is 0 Å². The summed E-state index contributed by atoms with van der Waals surface area (Å²) in [4.78, 5) is 26.2. The lowest BCUT2D eigenvalue weighted by molar-refractivity contribution is 0.103. The molecule has 34 heavy (non-hydrogen) atoms. The lowest BCUT2D eigenvalue weighted by atomic mass is 9.93. The van der Waals surface area contributed by atoms with Gasteiger partial charge in [-0.25, -0.2) is 8.78 Å². The smallest absolute Gasteiger partial charge is 0.193 e. The molecule has 6 rings (SSSR count). The maximum absolute atomic E-state index is 13.3. The van der Waals surface area contributed by atoms with Crippen LogP contribution in [0.5, 0.6) is 0 Å². The van der Waals surface area contributed by atoms with Crippen LogP contribution in [-0.4, -0.2) is 11.6 Å². The first-order valence-electron chi connectivity index (χ1n) is 10.8. The molecule has 5 aromatic carbocycles. The Bertz CT molecular complexity index is 1630. The van der Waals surface area contributed by atoms with Crippen LogP contribution in [0.3, 0.4) is 0 Å². The van der Waals surface area contributed by atoms with E-state index >= 15 is 0 Å². The van der Waals surface area contributed by atoms with Gasteiger partial charge in [-0.1, -0.05) is 36.4 Å². The Kier molecular flexibility index (Phi) is 4.49. The summed E-state index contributed by atoms with van der Waals surface area (Å²) < 4.78 is 26.6. The highest BCUT2D eigenvalue weighted by molar-refractivity contribution is 6.24. The van der Waals surface area contributed by atoms with Crippen LogP contribution >= 0.6 is 0 Å². The molecule has 0 atom stereocenters. The zero-order valence-electron chi connectivity index (χ0n) is 17.8. The number of fused-ring (bicyclic) bond motifs is 3. The minimum atomic E-state index is -0.390. The number of benzene rings is 5. The van der Waals surface area contributed by atoms with Crippen molar-refractivity contribution in [3.05, 3.63) is 131 Å². The monoisotopic (exact) mass is 446 g/mol. The average molecular weight is 446 g/mol. The second-order valence-electron chi connectivity index (χ2n) is 8.32. The number of ketones is 2. The third-order valence-electron chi connectivity index (χ3n) is 6.36. The summed E-state index contributed by atoms with van der Waals surface area (Å²) in [7, 11) is 0. The van der Waals surface area contributed by atoms with Crippen molar-refractivity contribution < 1.29 is 18.4 Å². The van der Waals surface area contributed by atoms with Gasteiger partial charge in [0.1, 0.15) is 11.6 Å². The number of rotatable bonds is 4. The maximum Gasteiger partial charge on any atom is 0.193 e. The Morgan fingerprint density at radius 2 is 1.06 bits per heavy atom. The van der Waals surface area contributed by atoms with Crippen molar-refractivity contribution in [3.63, 3.8) is 0 Å². The molecule has 0 radical (unpaired) electrons. The molecule has 0 aromatic heterocycles. The second-order valence-corrected chi connectivity index (χ2v) is 8.32. The van der Waals surface area contributed by atoms with Crippen molar-refractivity contribution in [2.24, 2.45) is 0 Å². The molecule has 1 aliphatic rings. The van der Waals surface area contributed by atoms with Gasteiger partial charge < -0.3 is 0 Å². The van der Waals surface area contributed by atoms with E-state index in [1.807, 2.05) is 36.4 Å². The number of hydrogen-bond donors (Lipinski definition) is 0. The van der Waals surface area contributed by atoms with E-state index in [1.165, 1.54) is 48.5 Å². The van der Waals surface area contributed by atoms with Gasteiger partial charge in [-0.2, -0.15) is 0 Å².